The summed E-state index contributed by atoms with van der Waals surface area (Å²) in [6.45, 7) is 0. The van der Waals surface area contributed by atoms with Crippen molar-refractivity contribution in [1.29, 1.82) is 0 Å². The Kier molecular flexibility index (Phi) is 6.93. The monoisotopic (exact) mass is 266 g/mol. The normalized spacial score (nSPS) is 23.8. The van der Waals surface area contributed by atoms with Crippen LogP contribution in [0.4, 0.5) is 0 Å². The highest BCUT2D eigenvalue weighted by Crippen LogP contribution is 2.50. The van der Waals surface area contributed by atoms with Gasteiger partial charge < -0.3 is 13.3 Å². The Morgan fingerprint density at radius 2 is 1.38 bits per heavy atom. The van der Waals surface area contributed by atoms with E-state index < -0.39 is 13.9 Å². The lowest BCUT2D eigenvalue weighted by Crippen LogP contribution is -2.21. The quantitative estimate of drug-likeness (QED) is 0.577. The van der Waals surface area contributed by atoms with Gasteiger partial charge in [0.05, 0.1) is 5.38 Å². The van der Waals surface area contributed by atoms with Crippen LogP contribution >= 0.6 is 34.8 Å². The molecule has 0 amide bonds. The molecule has 1 fully saturated rings. The van der Waals surface area contributed by atoms with Gasteiger partial charge in [0.15, 0.2) is 0 Å². The highest BCUT2D eigenvalue weighted by Gasteiger charge is 2.50. The van der Waals surface area contributed by atoms with Gasteiger partial charge in [0.2, 0.25) is 0 Å². The van der Waals surface area contributed by atoms with E-state index in [2.05, 4.69) is 0 Å². The Labute approximate surface area is 95.2 Å². The van der Waals surface area contributed by atoms with Crippen LogP contribution in [-0.2, 0) is 13.3 Å². The van der Waals surface area contributed by atoms with Crippen LogP contribution in [0.15, 0.2) is 0 Å². The molecule has 0 radical (unpaired) electrons. The van der Waals surface area contributed by atoms with E-state index in [0.717, 1.165) is 6.42 Å². The molecule has 7 heteroatoms. The molecule has 0 aromatic carbocycles. The molecular weight excluding hydrogens is 255 g/mol. The van der Waals surface area contributed by atoms with Crippen LogP contribution in [0, 0.1) is 0 Å². The number of halogens is 3. The fourth-order valence-corrected chi connectivity index (χ4v) is 1.76. The molecule has 0 heterocycles. The molecular formula is C6H13Cl3O3Si. The van der Waals surface area contributed by atoms with E-state index in [9.17, 15) is 0 Å². The van der Waals surface area contributed by atoms with Crippen molar-refractivity contribution in [3.63, 3.8) is 0 Å². The summed E-state index contributed by atoms with van der Waals surface area (Å²) in [5.41, 5.74) is 0. The third-order valence-electron chi connectivity index (χ3n) is 1.33. The molecule has 1 aliphatic carbocycles. The van der Waals surface area contributed by atoms with E-state index >= 15 is 0 Å². The summed E-state index contributed by atoms with van der Waals surface area (Å²) in [7, 11) is 3.05. The molecule has 13 heavy (non-hydrogen) atoms. The lowest BCUT2D eigenvalue weighted by atomic mass is 10.9. The van der Waals surface area contributed by atoms with E-state index in [0.29, 0.717) is 0 Å². The Balaban J connectivity index is 0.000000223. The summed E-state index contributed by atoms with van der Waals surface area (Å²) >= 11 is 16.3. The highest BCUT2D eigenvalue weighted by molar-refractivity contribution is 6.56. The molecule has 0 aromatic heterocycles. The van der Waals surface area contributed by atoms with Gasteiger partial charge in [-0.15, -0.1) is 11.6 Å². The van der Waals surface area contributed by atoms with Crippen molar-refractivity contribution in [2.24, 2.45) is 0 Å². The van der Waals surface area contributed by atoms with Gasteiger partial charge in [0.1, 0.15) is 4.33 Å². The zero-order chi connectivity index (χ0) is 10.5. The topological polar surface area (TPSA) is 27.7 Å². The first-order valence-corrected chi connectivity index (χ1v) is 6.19. The second kappa shape index (κ2) is 6.45. The summed E-state index contributed by atoms with van der Waals surface area (Å²) in [6.07, 6.45) is 0.734. The minimum absolute atomic E-state index is 0.000772. The average molecular weight is 268 g/mol. The van der Waals surface area contributed by atoms with Gasteiger partial charge in [-0.3, -0.25) is 0 Å². The highest BCUT2D eigenvalue weighted by atomic mass is 35.5. The van der Waals surface area contributed by atoms with Crippen molar-refractivity contribution in [1.82, 2.24) is 0 Å². The van der Waals surface area contributed by atoms with Crippen LogP contribution in [0.3, 0.4) is 0 Å². The van der Waals surface area contributed by atoms with Gasteiger partial charge in [-0.25, -0.2) is 0 Å². The van der Waals surface area contributed by atoms with Crippen LogP contribution in [0.5, 0.6) is 0 Å². The first-order valence-electron chi connectivity index (χ1n) is 3.58. The minimum atomic E-state index is -1.67. The maximum Gasteiger partial charge on any atom is 0.483 e. The minimum Gasteiger partial charge on any atom is -0.379 e. The molecule has 1 saturated carbocycles. The van der Waals surface area contributed by atoms with Crippen LogP contribution in [0.2, 0.25) is 0 Å². The first-order chi connectivity index (χ1) is 5.97. The summed E-state index contributed by atoms with van der Waals surface area (Å²) in [6, 6.07) is 0. The van der Waals surface area contributed by atoms with E-state index in [1.807, 2.05) is 0 Å². The van der Waals surface area contributed by atoms with Crippen molar-refractivity contribution in [2.75, 3.05) is 21.3 Å². The molecule has 0 aromatic rings. The van der Waals surface area contributed by atoms with Crippen molar-refractivity contribution in [2.45, 2.75) is 16.1 Å². The summed E-state index contributed by atoms with van der Waals surface area (Å²) in [5, 5.41) is 0.000772. The number of rotatable bonds is 3. The second-order valence-corrected chi connectivity index (χ2v) is 6.49. The van der Waals surface area contributed by atoms with Crippen LogP contribution in [0.25, 0.3) is 0 Å². The Morgan fingerprint density at radius 3 is 1.38 bits per heavy atom. The number of hydrogen-bond acceptors (Lipinski definition) is 3. The van der Waals surface area contributed by atoms with Gasteiger partial charge in [0, 0.05) is 27.8 Å². The molecule has 1 aliphatic rings. The van der Waals surface area contributed by atoms with Gasteiger partial charge in [-0.1, -0.05) is 23.2 Å². The van der Waals surface area contributed by atoms with Crippen molar-refractivity contribution in [3.8, 4) is 0 Å². The lowest BCUT2D eigenvalue weighted by molar-refractivity contribution is 0.163. The molecule has 1 unspecified atom stereocenters. The maximum atomic E-state index is 5.43. The molecule has 1 atom stereocenters. The standard InChI is InChI=1S/C3H3Cl3.C3H10O3Si/c4-2-1-3(2,5)6;1-4-7(5-2)6-3/h2H,1H2;7H,1-3H3. The van der Waals surface area contributed by atoms with Crippen molar-refractivity contribution in [3.05, 3.63) is 0 Å². The summed E-state index contributed by atoms with van der Waals surface area (Å²) < 4.78 is 13.6. The number of hydrogen-bond donors (Lipinski definition) is 0. The fourth-order valence-electron chi connectivity index (χ4n) is 0.469. The molecule has 0 saturated heterocycles. The predicted molar refractivity (Wildman–Crippen MR) is 56.9 cm³/mol. The van der Waals surface area contributed by atoms with Crippen LogP contribution in [-0.4, -0.2) is 40.6 Å². The molecule has 3 nitrogen and oxygen atoms in total. The van der Waals surface area contributed by atoms with Crippen molar-refractivity contribution >= 4 is 44.3 Å². The molecule has 1 rings (SSSR count). The molecule has 0 N–H and O–H groups in total. The van der Waals surface area contributed by atoms with Crippen molar-refractivity contribution < 1.29 is 13.3 Å². The third-order valence-corrected chi connectivity index (χ3v) is 4.07. The Bertz CT molecular complexity index is 138. The van der Waals surface area contributed by atoms with Gasteiger partial charge in [0.25, 0.3) is 0 Å². The molecule has 0 aliphatic heterocycles. The smallest absolute Gasteiger partial charge is 0.379 e. The van der Waals surface area contributed by atoms with E-state index in [1.165, 1.54) is 0 Å². The average Bonchev–Trinajstić information content (AvgIpc) is 2.61. The predicted octanol–water partition coefficient (Wildman–Crippen LogP) is 1.81. The zero-order valence-electron chi connectivity index (χ0n) is 7.72. The number of alkyl halides is 3. The maximum absolute atomic E-state index is 5.43. The van der Waals surface area contributed by atoms with Crippen LogP contribution < -0.4 is 0 Å². The largest absolute Gasteiger partial charge is 0.483 e. The van der Waals surface area contributed by atoms with E-state index in [-0.39, 0.29) is 5.38 Å². The van der Waals surface area contributed by atoms with Gasteiger partial charge in [-0.2, -0.15) is 0 Å². The van der Waals surface area contributed by atoms with Crippen LogP contribution in [0.1, 0.15) is 6.42 Å². The SMILES string of the molecule is CO[SiH](OC)OC.ClC1CC1(Cl)Cl. The lowest BCUT2D eigenvalue weighted by Gasteiger charge is -2.05. The summed E-state index contributed by atoms with van der Waals surface area (Å²) in [4.78, 5) is 0. The third kappa shape index (κ3) is 6.12. The van der Waals surface area contributed by atoms with Gasteiger partial charge >= 0.3 is 9.53 Å². The van der Waals surface area contributed by atoms with E-state index in [1.54, 1.807) is 21.3 Å². The van der Waals surface area contributed by atoms with Gasteiger partial charge in [-0.05, 0) is 0 Å². The fraction of sp³-hybridized carbons (Fsp3) is 1.00. The summed E-state index contributed by atoms with van der Waals surface area (Å²) in [5.74, 6) is 0. The molecule has 80 valence electrons. The zero-order valence-corrected chi connectivity index (χ0v) is 11.1. The Morgan fingerprint density at radius 1 is 1.15 bits per heavy atom. The Hall–Kier alpha value is 0.967. The van der Waals surface area contributed by atoms with E-state index in [4.69, 9.17) is 48.1 Å². The molecule has 0 bridgehead atoms. The molecule has 0 spiro atoms. The second-order valence-electron chi connectivity index (χ2n) is 2.43. The first kappa shape index (κ1) is 14.0.